The van der Waals surface area contributed by atoms with Crippen molar-refractivity contribution in [2.24, 2.45) is 11.1 Å². The van der Waals surface area contributed by atoms with E-state index >= 15 is 0 Å². The van der Waals surface area contributed by atoms with Crippen molar-refractivity contribution in [3.63, 3.8) is 0 Å². The van der Waals surface area contributed by atoms with Gasteiger partial charge in [0.1, 0.15) is 4.90 Å². The number of rotatable bonds is 4. The molecule has 0 amide bonds. The van der Waals surface area contributed by atoms with Gasteiger partial charge in [0.2, 0.25) is 10.0 Å². The number of nitrogens with zero attached hydrogens (tertiary/aromatic N) is 1. The molecule has 1 aliphatic heterocycles. The van der Waals surface area contributed by atoms with Crippen molar-refractivity contribution in [3.05, 3.63) is 18.2 Å². The molecule has 6 heteroatoms. The Hall–Kier alpha value is -1.27. The van der Waals surface area contributed by atoms with Crippen molar-refractivity contribution in [2.75, 3.05) is 23.7 Å². The molecule has 0 spiro atoms. The molecule has 1 heterocycles. The molecule has 1 aromatic rings. The maximum atomic E-state index is 11.3. The number of hydrogen-bond acceptors (Lipinski definition) is 4. The summed E-state index contributed by atoms with van der Waals surface area (Å²) in [5.41, 5.74) is 7.00. The highest BCUT2D eigenvalue weighted by molar-refractivity contribution is 7.89. The first-order chi connectivity index (χ1) is 9.41. The van der Waals surface area contributed by atoms with Crippen molar-refractivity contribution >= 4 is 21.4 Å². The lowest BCUT2D eigenvalue weighted by atomic mass is 9.92. The summed E-state index contributed by atoms with van der Waals surface area (Å²) >= 11 is 0. The first-order valence-corrected chi connectivity index (χ1v) is 8.63. The maximum absolute atomic E-state index is 11.3. The van der Waals surface area contributed by atoms with Gasteiger partial charge in [-0.15, -0.1) is 0 Å². The average Bonchev–Trinajstić information content (AvgIpc) is 2.38. The molecule has 2 rings (SSSR count). The topological polar surface area (TPSA) is 89.4 Å². The first-order valence-electron chi connectivity index (χ1n) is 7.09. The molecule has 1 aromatic carbocycles. The zero-order valence-corrected chi connectivity index (χ0v) is 12.7. The van der Waals surface area contributed by atoms with Gasteiger partial charge in [-0.25, -0.2) is 13.6 Å². The van der Waals surface area contributed by atoms with Gasteiger partial charge >= 0.3 is 0 Å². The molecule has 1 fully saturated rings. The minimum absolute atomic E-state index is 0.00196. The van der Waals surface area contributed by atoms with Crippen LogP contribution in [-0.2, 0) is 10.0 Å². The van der Waals surface area contributed by atoms with Gasteiger partial charge in [0.15, 0.2) is 0 Å². The summed E-state index contributed by atoms with van der Waals surface area (Å²) in [6.45, 7) is 4.22. The molecule has 0 atom stereocenters. The summed E-state index contributed by atoms with van der Waals surface area (Å²) in [4.78, 5) is 2.26. The zero-order chi connectivity index (χ0) is 14.8. The normalized spacial score (nSPS) is 17.4. The van der Waals surface area contributed by atoms with Crippen LogP contribution in [0.15, 0.2) is 23.1 Å². The second kappa shape index (κ2) is 6.01. The van der Waals surface area contributed by atoms with E-state index in [-0.39, 0.29) is 10.6 Å². The van der Waals surface area contributed by atoms with E-state index in [1.54, 1.807) is 12.1 Å². The van der Waals surface area contributed by atoms with Crippen LogP contribution in [0.3, 0.4) is 0 Å². The highest BCUT2D eigenvalue weighted by atomic mass is 32.2. The smallest absolute Gasteiger partial charge is 0.240 e. The molecule has 0 aromatic heterocycles. The second-order valence-electron chi connectivity index (χ2n) is 5.49. The summed E-state index contributed by atoms with van der Waals surface area (Å²) in [6.07, 6.45) is 4.90. The number of hydrogen-bond donors (Lipinski definition) is 2. The number of piperidine rings is 1. The molecule has 112 valence electrons. The number of nitrogens with two attached hydrogens (primary N) is 2. The van der Waals surface area contributed by atoms with E-state index < -0.39 is 10.0 Å². The van der Waals surface area contributed by atoms with Crippen LogP contribution in [0.4, 0.5) is 11.4 Å². The summed E-state index contributed by atoms with van der Waals surface area (Å²) in [7, 11) is -3.74. The van der Waals surface area contributed by atoms with Gasteiger partial charge in [0, 0.05) is 18.8 Å². The third kappa shape index (κ3) is 3.43. The zero-order valence-electron chi connectivity index (χ0n) is 11.9. The van der Waals surface area contributed by atoms with Gasteiger partial charge in [0.05, 0.1) is 5.69 Å². The lowest BCUT2D eigenvalue weighted by molar-refractivity contribution is 0.378. The number of anilines is 2. The lowest BCUT2D eigenvalue weighted by Gasteiger charge is -2.33. The minimum Gasteiger partial charge on any atom is -0.398 e. The highest BCUT2D eigenvalue weighted by Crippen LogP contribution is 2.29. The van der Waals surface area contributed by atoms with Crippen LogP contribution >= 0.6 is 0 Å². The predicted molar refractivity (Wildman–Crippen MR) is 82.1 cm³/mol. The van der Waals surface area contributed by atoms with E-state index in [1.165, 1.54) is 31.7 Å². The van der Waals surface area contributed by atoms with Crippen molar-refractivity contribution in [3.8, 4) is 0 Å². The summed E-state index contributed by atoms with van der Waals surface area (Å²) < 4.78 is 22.7. The van der Waals surface area contributed by atoms with Crippen LogP contribution < -0.4 is 15.8 Å². The molecule has 0 unspecified atom stereocenters. The van der Waals surface area contributed by atoms with E-state index in [0.717, 1.165) is 24.7 Å². The Kier molecular flexibility index (Phi) is 4.55. The van der Waals surface area contributed by atoms with Crippen LogP contribution in [0.2, 0.25) is 0 Å². The molecule has 0 saturated carbocycles. The third-order valence-corrected chi connectivity index (χ3v) is 4.96. The molecule has 0 bridgehead atoms. The standard InChI is InChI=1S/C14H23N3O2S/c1-2-3-11-6-8-17(9-7-11)12-4-5-14(13(15)10-12)20(16,18)19/h4-5,10-11H,2-3,6-9,15H2,1H3,(H2,16,18,19). The Balaban J connectivity index is 2.10. The van der Waals surface area contributed by atoms with Gasteiger partial charge in [-0.05, 0) is 37.0 Å². The molecular weight excluding hydrogens is 274 g/mol. The number of primary sulfonamides is 1. The van der Waals surface area contributed by atoms with Crippen LogP contribution in [0, 0.1) is 5.92 Å². The van der Waals surface area contributed by atoms with E-state index in [1.807, 2.05) is 0 Å². The fourth-order valence-electron chi connectivity index (χ4n) is 2.88. The van der Waals surface area contributed by atoms with Crippen molar-refractivity contribution in [1.82, 2.24) is 0 Å². The molecule has 1 aliphatic rings. The highest BCUT2D eigenvalue weighted by Gasteiger charge is 2.20. The van der Waals surface area contributed by atoms with Crippen molar-refractivity contribution in [2.45, 2.75) is 37.5 Å². The van der Waals surface area contributed by atoms with E-state index in [0.29, 0.717) is 0 Å². The van der Waals surface area contributed by atoms with Gasteiger partial charge in [-0.3, -0.25) is 0 Å². The molecule has 5 nitrogen and oxygen atoms in total. The van der Waals surface area contributed by atoms with Crippen molar-refractivity contribution < 1.29 is 8.42 Å². The van der Waals surface area contributed by atoms with E-state index in [4.69, 9.17) is 10.9 Å². The minimum atomic E-state index is -3.74. The Morgan fingerprint density at radius 2 is 1.95 bits per heavy atom. The predicted octanol–water partition coefficient (Wildman–Crippen LogP) is 1.93. The summed E-state index contributed by atoms with van der Waals surface area (Å²) in [5.74, 6) is 0.817. The largest absolute Gasteiger partial charge is 0.398 e. The van der Waals surface area contributed by atoms with E-state index in [2.05, 4.69) is 11.8 Å². The number of benzene rings is 1. The Bertz CT molecular complexity index is 564. The molecule has 0 radical (unpaired) electrons. The number of sulfonamides is 1. The number of nitrogen functional groups attached to an aromatic ring is 1. The maximum Gasteiger partial charge on any atom is 0.240 e. The fourth-order valence-corrected chi connectivity index (χ4v) is 3.52. The molecular formula is C14H23N3O2S. The summed E-state index contributed by atoms with van der Waals surface area (Å²) in [6, 6.07) is 4.99. The van der Waals surface area contributed by atoms with Gasteiger partial charge < -0.3 is 10.6 Å². The third-order valence-electron chi connectivity index (χ3n) is 3.98. The Labute approximate surface area is 121 Å². The summed E-state index contributed by atoms with van der Waals surface area (Å²) in [5, 5.41) is 5.12. The quantitative estimate of drug-likeness (QED) is 0.831. The molecule has 1 saturated heterocycles. The average molecular weight is 297 g/mol. The fraction of sp³-hybridized carbons (Fsp3) is 0.571. The van der Waals surface area contributed by atoms with E-state index in [9.17, 15) is 8.42 Å². The Morgan fingerprint density at radius 1 is 1.30 bits per heavy atom. The van der Waals surface area contributed by atoms with Gasteiger partial charge in [-0.1, -0.05) is 19.8 Å². The second-order valence-corrected chi connectivity index (χ2v) is 7.02. The van der Waals surface area contributed by atoms with Gasteiger partial charge in [0.25, 0.3) is 0 Å². The van der Waals surface area contributed by atoms with Gasteiger partial charge in [-0.2, -0.15) is 0 Å². The molecule has 4 N–H and O–H groups in total. The molecule has 0 aliphatic carbocycles. The molecule has 20 heavy (non-hydrogen) atoms. The van der Waals surface area contributed by atoms with Crippen LogP contribution in [0.1, 0.15) is 32.6 Å². The monoisotopic (exact) mass is 297 g/mol. The van der Waals surface area contributed by atoms with Crippen molar-refractivity contribution in [1.29, 1.82) is 0 Å². The first kappa shape index (κ1) is 15.1. The van der Waals surface area contributed by atoms with Crippen LogP contribution in [0.5, 0.6) is 0 Å². The Morgan fingerprint density at radius 3 is 2.45 bits per heavy atom. The lowest BCUT2D eigenvalue weighted by Crippen LogP contribution is -2.33. The van der Waals surface area contributed by atoms with Crippen LogP contribution in [0.25, 0.3) is 0 Å². The SMILES string of the molecule is CCCC1CCN(c2ccc(S(N)(=O)=O)c(N)c2)CC1. The van der Waals surface area contributed by atoms with Crippen LogP contribution in [-0.4, -0.2) is 21.5 Å².